The first-order chi connectivity index (χ1) is 9.74. The van der Waals surface area contributed by atoms with E-state index in [0.29, 0.717) is 12.6 Å². The van der Waals surface area contributed by atoms with Gasteiger partial charge in [0.15, 0.2) is 11.5 Å². The van der Waals surface area contributed by atoms with Crippen molar-refractivity contribution in [1.82, 2.24) is 5.32 Å². The highest BCUT2D eigenvalue weighted by molar-refractivity contribution is 7.10. The molecule has 1 atom stereocenters. The Balaban J connectivity index is 2.00. The van der Waals surface area contributed by atoms with Gasteiger partial charge in [-0.1, -0.05) is 12.1 Å². The Morgan fingerprint density at radius 1 is 1.25 bits per heavy atom. The van der Waals surface area contributed by atoms with Gasteiger partial charge in [-0.2, -0.15) is 0 Å². The molecule has 4 heteroatoms. The standard InChI is InChI=1S/C16H21NO2S/c1-4-19-15-10-13(7-8-14(15)18-3)11-17-12(2)16-6-5-9-20-16/h5-10,12,17H,4,11H2,1-3H3/t12-/m1/s1. The molecule has 0 radical (unpaired) electrons. The molecule has 0 spiro atoms. The van der Waals surface area contributed by atoms with Crippen molar-refractivity contribution in [2.45, 2.75) is 26.4 Å². The van der Waals surface area contributed by atoms with Crippen LogP contribution in [-0.2, 0) is 6.54 Å². The number of methoxy groups -OCH3 is 1. The molecule has 0 bridgehead atoms. The summed E-state index contributed by atoms with van der Waals surface area (Å²) >= 11 is 1.78. The second-order valence-corrected chi connectivity index (χ2v) is 5.52. The second-order valence-electron chi connectivity index (χ2n) is 4.54. The molecule has 3 nitrogen and oxygen atoms in total. The van der Waals surface area contributed by atoms with Crippen molar-refractivity contribution in [3.63, 3.8) is 0 Å². The quantitative estimate of drug-likeness (QED) is 0.836. The number of thiophene rings is 1. The van der Waals surface area contributed by atoms with Gasteiger partial charge in [0.2, 0.25) is 0 Å². The molecule has 0 fully saturated rings. The smallest absolute Gasteiger partial charge is 0.161 e. The van der Waals surface area contributed by atoms with Crippen molar-refractivity contribution in [3.8, 4) is 11.5 Å². The molecular formula is C16H21NO2S. The number of hydrogen-bond acceptors (Lipinski definition) is 4. The first-order valence-corrected chi connectivity index (χ1v) is 7.69. The molecule has 0 unspecified atom stereocenters. The van der Waals surface area contributed by atoms with Crippen LogP contribution in [0.4, 0.5) is 0 Å². The van der Waals surface area contributed by atoms with Gasteiger partial charge in [-0.3, -0.25) is 0 Å². The maximum Gasteiger partial charge on any atom is 0.161 e. The van der Waals surface area contributed by atoms with E-state index in [1.54, 1.807) is 18.4 Å². The summed E-state index contributed by atoms with van der Waals surface area (Å²) in [5, 5.41) is 5.63. The van der Waals surface area contributed by atoms with Crippen LogP contribution in [0.3, 0.4) is 0 Å². The maximum absolute atomic E-state index is 5.60. The largest absolute Gasteiger partial charge is 0.493 e. The fraction of sp³-hybridized carbons (Fsp3) is 0.375. The maximum atomic E-state index is 5.60. The van der Waals surface area contributed by atoms with Crippen LogP contribution in [0.15, 0.2) is 35.7 Å². The van der Waals surface area contributed by atoms with E-state index in [1.807, 2.05) is 19.1 Å². The van der Waals surface area contributed by atoms with Crippen LogP contribution in [0.5, 0.6) is 11.5 Å². The zero-order valence-corrected chi connectivity index (χ0v) is 13.0. The first kappa shape index (κ1) is 14.9. The highest BCUT2D eigenvalue weighted by Gasteiger charge is 2.08. The zero-order valence-electron chi connectivity index (χ0n) is 12.2. The van der Waals surface area contributed by atoms with E-state index < -0.39 is 0 Å². The molecule has 1 N–H and O–H groups in total. The van der Waals surface area contributed by atoms with Gasteiger partial charge in [0, 0.05) is 17.5 Å². The molecule has 0 aliphatic heterocycles. The van der Waals surface area contributed by atoms with Gasteiger partial charge in [0.25, 0.3) is 0 Å². The lowest BCUT2D eigenvalue weighted by Crippen LogP contribution is -2.17. The van der Waals surface area contributed by atoms with Crippen LogP contribution < -0.4 is 14.8 Å². The minimum Gasteiger partial charge on any atom is -0.493 e. The molecule has 1 aromatic carbocycles. The lowest BCUT2D eigenvalue weighted by atomic mass is 10.2. The van der Waals surface area contributed by atoms with Crippen molar-refractivity contribution in [1.29, 1.82) is 0 Å². The summed E-state index contributed by atoms with van der Waals surface area (Å²) in [6, 6.07) is 10.7. The predicted octanol–water partition coefficient (Wildman–Crippen LogP) is 4.01. The Morgan fingerprint density at radius 3 is 2.75 bits per heavy atom. The van der Waals surface area contributed by atoms with Crippen molar-refractivity contribution >= 4 is 11.3 Å². The van der Waals surface area contributed by atoms with E-state index in [9.17, 15) is 0 Å². The van der Waals surface area contributed by atoms with Crippen LogP contribution in [0.2, 0.25) is 0 Å². The Morgan fingerprint density at radius 2 is 2.10 bits per heavy atom. The van der Waals surface area contributed by atoms with Gasteiger partial charge < -0.3 is 14.8 Å². The topological polar surface area (TPSA) is 30.5 Å². The summed E-state index contributed by atoms with van der Waals surface area (Å²) < 4.78 is 10.9. The van der Waals surface area contributed by atoms with Gasteiger partial charge in [-0.15, -0.1) is 11.3 Å². The Hall–Kier alpha value is -1.52. The third-order valence-corrected chi connectivity index (χ3v) is 4.17. The van der Waals surface area contributed by atoms with E-state index in [2.05, 4.69) is 35.8 Å². The zero-order chi connectivity index (χ0) is 14.4. The van der Waals surface area contributed by atoms with Crippen LogP contribution in [0.1, 0.15) is 30.3 Å². The molecular weight excluding hydrogens is 270 g/mol. The van der Waals surface area contributed by atoms with E-state index in [0.717, 1.165) is 18.0 Å². The van der Waals surface area contributed by atoms with Gasteiger partial charge in [-0.05, 0) is 43.0 Å². The van der Waals surface area contributed by atoms with Gasteiger partial charge in [0.05, 0.1) is 13.7 Å². The minimum atomic E-state index is 0.354. The van der Waals surface area contributed by atoms with Crippen LogP contribution in [0.25, 0.3) is 0 Å². The van der Waals surface area contributed by atoms with Crippen molar-refractivity contribution in [2.75, 3.05) is 13.7 Å². The summed E-state index contributed by atoms with van der Waals surface area (Å²) in [6.07, 6.45) is 0. The molecule has 2 aromatic rings. The van der Waals surface area contributed by atoms with E-state index >= 15 is 0 Å². The molecule has 2 rings (SSSR count). The summed E-state index contributed by atoms with van der Waals surface area (Å²) in [6.45, 7) is 5.60. The Labute approximate surface area is 124 Å². The fourth-order valence-electron chi connectivity index (χ4n) is 2.01. The average Bonchev–Trinajstić information content (AvgIpc) is 2.99. The molecule has 20 heavy (non-hydrogen) atoms. The monoisotopic (exact) mass is 291 g/mol. The number of rotatable bonds is 7. The lowest BCUT2D eigenvalue weighted by Gasteiger charge is -2.14. The summed E-state index contributed by atoms with van der Waals surface area (Å²) in [5.74, 6) is 1.58. The molecule has 0 aliphatic rings. The third-order valence-electron chi connectivity index (χ3n) is 3.11. The van der Waals surface area contributed by atoms with E-state index in [1.165, 1.54) is 10.4 Å². The lowest BCUT2D eigenvalue weighted by molar-refractivity contribution is 0.310. The van der Waals surface area contributed by atoms with Crippen LogP contribution in [-0.4, -0.2) is 13.7 Å². The molecule has 1 heterocycles. The molecule has 1 aromatic heterocycles. The predicted molar refractivity (Wildman–Crippen MR) is 83.7 cm³/mol. The summed E-state index contributed by atoms with van der Waals surface area (Å²) in [5.41, 5.74) is 1.19. The third kappa shape index (κ3) is 3.74. The van der Waals surface area contributed by atoms with Crippen molar-refractivity contribution in [2.24, 2.45) is 0 Å². The van der Waals surface area contributed by atoms with Crippen molar-refractivity contribution < 1.29 is 9.47 Å². The first-order valence-electron chi connectivity index (χ1n) is 6.81. The Bertz CT molecular complexity index is 525. The number of hydrogen-bond donors (Lipinski definition) is 1. The highest BCUT2D eigenvalue weighted by Crippen LogP contribution is 2.28. The fourth-order valence-corrected chi connectivity index (χ4v) is 2.77. The normalized spacial score (nSPS) is 12.2. The van der Waals surface area contributed by atoms with Crippen LogP contribution in [0, 0.1) is 0 Å². The average molecular weight is 291 g/mol. The molecule has 108 valence electrons. The second kappa shape index (κ2) is 7.31. The Kier molecular flexibility index (Phi) is 5.44. The van der Waals surface area contributed by atoms with E-state index in [-0.39, 0.29) is 0 Å². The molecule has 0 aliphatic carbocycles. The number of benzene rings is 1. The summed E-state index contributed by atoms with van der Waals surface area (Å²) in [7, 11) is 1.66. The van der Waals surface area contributed by atoms with E-state index in [4.69, 9.17) is 9.47 Å². The molecule has 0 amide bonds. The molecule has 0 saturated heterocycles. The minimum absolute atomic E-state index is 0.354. The van der Waals surface area contributed by atoms with Gasteiger partial charge >= 0.3 is 0 Å². The van der Waals surface area contributed by atoms with Gasteiger partial charge in [0.1, 0.15) is 0 Å². The SMILES string of the molecule is CCOc1cc(CN[C@H](C)c2cccs2)ccc1OC. The molecule has 0 saturated carbocycles. The van der Waals surface area contributed by atoms with Gasteiger partial charge in [-0.25, -0.2) is 0 Å². The summed E-state index contributed by atoms with van der Waals surface area (Å²) in [4.78, 5) is 1.35. The number of ether oxygens (including phenoxy) is 2. The number of nitrogens with one attached hydrogen (secondary N) is 1. The van der Waals surface area contributed by atoms with Crippen molar-refractivity contribution in [3.05, 3.63) is 46.2 Å². The highest BCUT2D eigenvalue weighted by atomic mass is 32.1. The van der Waals surface area contributed by atoms with Crippen LogP contribution >= 0.6 is 11.3 Å².